The van der Waals surface area contributed by atoms with Crippen molar-refractivity contribution >= 4 is 40.4 Å². The van der Waals surface area contributed by atoms with Crippen molar-refractivity contribution in [3.05, 3.63) is 58.5 Å². The van der Waals surface area contributed by atoms with Crippen molar-refractivity contribution in [1.29, 1.82) is 0 Å². The van der Waals surface area contributed by atoms with Crippen LogP contribution in [0.25, 0.3) is 5.65 Å². The lowest BCUT2D eigenvalue weighted by atomic mass is 10.1. The third-order valence-corrected chi connectivity index (χ3v) is 3.44. The number of rotatable bonds is 3. The van der Waals surface area contributed by atoms with Crippen LogP contribution in [0.2, 0.25) is 10.0 Å². The Kier molecular flexibility index (Phi) is 3.98. The molecule has 2 aromatic heterocycles. The van der Waals surface area contributed by atoms with E-state index in [0.29, 0.717) is 26.9 Å². The summed E-state index contributed by atoms with van der Waals surface area (Å²) in [6, 6.07) is 7.86. The molecule has 0 radical (unpaired) electrons. The van der Waals surface area contributed by atoms with Crippen LogP contribution in [0.15, 0.2) is 42.9 Å². The monoisotopic (exact) mass is 336 g/mol. The predicted octanol–water partition coefficient (Wildman–Crippen LogP) is 2.71. The highest BCUT2D eigenvalue weighted by Gasteiger charge is 2.18. The Balaban J connectivity index is 1.80. The summed E-state index contributed by atoms with van der Waals surface area (Å²) < 4.78 is 1.65. The fourth-order valence-electron chi connectivity index (χ4n) is 2.00. The summed E-state index contributed by atoms with van der Waals surface area (Å²) in [7, 11) is 0. The highest BCUT2D eigenvalue weighted by Crippen LogP contribution is 2.24. The number of anilines is 1. The number of carbonyl (C=O) groups excluding carboxylic acids is 1. The first-order valence-electron chi connectivity index (χ1n) is 6.27. The maximum absolute atomic E-state index is 12.1. The van der Waals surface area contributed by atoms with Crippen LogP contribution < -0.4 is 5.32 Å². The Bertz CT molecular complexity index is 829. The lowest BCUT2D eigenvalue weighted by Gasteiger charge is -2.12. The molecule has 22 heavy (non-hydrogen) atoms. The van der Waals surface area contributed by atoms with Gasteiger partial charge in [-0.2, -0.15) is 0 Å². The minimum absolute atomic E-state index is 0.320. The quantitative estimate of drug-likeness (QED) is 0.770. The summed E-state index contributed by atoms with van der Waals surface area (Å²) in [6.07, 6.45) is 1.77. The van der Waals surface area contributed by atoms with Gasteiger partial charge in [0.2, 0.25) is 0 Å². The van der Waals surface area contributed by atoms with Crippen molar-refractivity contribution in [2.45, 2.75) is 6.10 Å². The standard InChI is InChI=1S/C14H10Cl2N4O2/c15-9-3-8(4-10(16)5-9)13(21)14(22)18-11-1-2-12-19-17-7-20(12)6-11/h1-7,13,21H,(H,18,22). The van der Waals surface area contributed by atoms with Gasteiger partial charge in [-0.1, -0.05) is 23.2 Å². The third-order valence-electron chi connectivity index (χ3n) is 3.01. The number of hydrogen-bond donors (Lipinski definition) is 2. The minimum atomic E-state index is -1.38. The average Bonchev–Trinajstić information content (AvgIpc) is 2.93. The molecule has 3 aromatic rings. The van der Waals surface area contributed by atoms with Crippen molar-refractivity contribution in [3.63, 3.8) is 0 Å². The normalized spacial score (nSPS) is 12.3. The van der Waals surface area contributed by atoms with Crippen molar-refractivity contribution in [3.8, 4) is 0 Å². The molecule has 0 fully saturated rings. The number of nitrogens with zero attached hydrogens (tertiary/aromatic N) is 3. The van der Waals surface area contributed by atoms with Crippen LogP contribution in [-0.4, -0.2) is 25.6 Å². The number of aliphatic hydroxyl groups excluding tert-OH is 1. The van der Waals surface area contributed by atoms with Gasteiger partial charge in [0.15, 0.2) is 11.8 Å². The van der Waals surface area contributed by atoms with E-state index in [1.807, 2.05) is 0 Å². The van der Waals surface area contributed by atoms with Gasteiger partial charge in [-0.05, 0) is 35.9 Å². The Morgan fingerprint density at radius 1 is 1.23 bits per heavy atom. The molecule has 2 heterocycles. The molecule has 8 heteroatoms. The zero-order chi connectivity index (χ0) is 15.7. The number of carbonyl (C=O) groups is 1. The fraction of sp³-hybridized carbons (Fsp3) is 0.0714. The van der Waals surface area contributed by atoms with Gasteiger partial charge in [-0.25, -0.2) is 0 Å². The molecule has 1 aromatic carbocycles. The van der Waals surface area contributed by atoms with E-state index in [2.05, 4.69) is 15.5 Å². The van der Waals surface area contributed by atoms with Crippen LogP contribution in [-0.2, 0) is 4.79 Å². The van der Waals surface area contributed by atoms with E-state index in [4.69, 9.17) is 23.2 Å². The van der Waals surface area contributed by atoms with Gasteiger partial charge in [-0.15, -0.1) is 10.2 Å². The number of nitrogens with one attached hydrogen (secondary N) is 1. The fourth-order valence-corrected chi connectivity index (χ4v) is 2.54. The van der Waals surface area contributed by atoms with Crippen LogP contribution in [0.4, 0.5) is 5.69 Å². The maximum Gasteiger partial charge on any atom is 0.257 e. The topological polar surface area (TPSA) is 79.5 Å². The van der Waals surface area contributed by atoms with Crippen molar-refractivity contribution in [2.24, 2.45) is 0 Å². The molecule has 0 saturated heterocycles. The summed E-state index contributed by atoms with van der Waals surface area (Å²) in [6.45, 7) is 0. The first-order valence-corrected chi connectivity index (χ1v) is 7.03. The van der Waals surface area contributed by atoms with E-state index < -0.39 is 12.0 Å². The van der Waals surface area contributed by atoms with E-state index in [1.165, 1.54) is 24.5 Å². The summed E-state index contributed by atoms with van der Waals surface area (Å²) >= 11 is 11.7. The molecule has 2 N–H and O–H groups in total. The predicted molar refractivity (Wildman–Crippen MR) is 83.0 cm³/mol. The second kappa shape index (κ2) is 5.92. The molecule has 0 saturated carbocycles. The molecule has 0 aliphatic rings. The first kappa shape index (κ1) is 14.8. The Morgan fingerprint density at radius 3 is 2.68 bits per heavy atom. The largest absolute Gasteiger partial charge is 0.378 e. The van der Waals surface area contributed by atoms with E-state index in [1.54, 1.807) is 22.7 Å². The van der Waals surface area contributed by atoms with Crippen molar-refractivity contribution in [2.75, 3.05) is 5.32 Å². The molecule has 0 aliphatic heterocycles. The molecular weight excluding hydrogens is 327 g/mol. The van der Waals surface area contributed by atoms with Gasteiger partial charge in [0.25, 0.3) is 5.91 Å². The number of amides is 1. The number of halogens is 2. The molecule has 0 spiro atoms. The lowest BCUT2D eigenvalue weighted by Crippen LogP contribution is -2.21. The van der Waals surface area contributed by atoms with E-state index >= 15 is 0 Å². The number of fused-ring (bicyclic) bond motifs is 1. The van der Waals surface area contributed by atoms with Gasteiger partial charge in [0.1, 0.15) is 6.33 Å². The number of hydrogen-bond acceptors (Lipinski definition) is 4. The summed E-state index contributed by atoms with van der Waals surface area (Å²) in [4.78, 5) is 12.1. The zero-order valence-electron chi connectivity index (χ0n) is 11.1. The van der Waals surface area contributed by atoms with Gasteiger partial charge in [-0.3, -0.25) is 9.20 Å². The molecule has 0 bridgehead atoms. The molecule has 1 amide bonds. The molecule has 112 valence electrons. The van der Waals surface area contributed by atoms with Gasteiger partial charge in [0, 0.05) is 16.2 Å². The third kappa shape index (κ3) is 3.04. The van der Waals surface area contributed by atoms with Crippen LogP contribution in [0.5, 0.6) is 0 Å². The van der Waals surface area contributed by atoms with Gasteiger partial charge < -0.3 is 10.4 Å². The van der Waals surface area contributed by atoms with Crippen LogP contribution >= 0.6 is 23.2 Å². The first-order chi connectivity index (χ1) is 10.5. The highest BCUT2D eigenvalue weighted by atomic mass is 35.5. The molecule has 6 nitrogen and oxygen atoms in total. The van der Waals surface area contributed by atoms with E-state index in [9.17, 15) is 9.90 Å². The summed E-state index contributed by atoms with van der Waals surface area (Å²) in [5.74, 6) is -0.592. The van der Waals surface area contributed by atoms with Crippen LogP contribution in [0.1, 0.15) is 11.7 Å². The highest BCUT2D eigenvalue weighted by molar-refractivity contribution is 6.34. The van der Waals surface area contributed by atoms with Crippen molar-refractivity contribution in [1.82, 2.24) is 14.6 Å². The van der Waals surface area contributed by atoms with Crippen LogP contribution in [0.3, 0.4) is 0 Å². The number of aromatic nitrogens is 3. The molecule has 1 unspecified atom stereocenters. The van der Waals surface area contributed by atoms with Crippen molar-refractivity contribution < 1.29 is 9.90 Å². The lowest BCUT2D eigenvalue weighted by molar-refractivity contribution is -0.124. The Hall–Kier alpha value is -2.15. The molecule has 1 atom stereocenters. The molecular formula is C14H10Cl2N4O2. The Morgan fingerprint density at radius 2 is 1.95 bits per heavy atom. The van der Waals surface area contributed by atoms with Gasteiger partial charge >= 0.3 is 0 Å². The summed E-state index contributed by atoms with van der Waals surface area (Å²) in [5, 5.41) is 21.0. The van der Waals surface area contributed by atoms with Crippen LogP contribution in [0, 0.1) is 0 Å². The minimum Gasteiger partial charge on any atom is -0.378 e. The zero-order valence-corrected chi connectivity index (χ0v) is 12.6. The number of pyridine rings is 1. The van der Waals surface area contributed by atoms with E-state index in [-0.39, 0.29) is 0 Å². The second-order valence-electron chi connectivity index (χ2n) is 4.61. The Labute approximate surface area is 135 Å². The molecule has 3 rings (SSSR count). The molecule has 0 aliphatic carbocycles. The van der Waals surface area contributed by atoms with Gasteiger partial charge in [0.05, 0.1) is 5.69 Å². The van der Waals surface area contributed by atoms with E-state index in [0.717, 1.165) is 0 Å². The average molecular weight is 337 g/mol. The maximum atomic E-state index is 12.1. The number of benzene rings is 1. The second-order valence-corrected chi connectivity index (χ2v) is 5.48. The smallest absolute Gasteiger partial charge is 0.257 e. The summed E-state index contributed by atoms with van der Waals surface area (Å²) in [5.41, 5.74) is 1.48. The SMILES string of the molecule is O=C(Nc1ccc2nncn2c1)C(O)c1cc(Cl)cc(Cl)c1. The number of aliphatic hydroxyl groups is 1.